The Bertz CT molecular complexity index is 496. The van der Waals surface area contributed by atoms with Gasteiger partial charge in [0.05, 0.1) is 12.5 Å². The molecule has 1 aliphatic rings. The minimum Gasteiger partial charge on any atom is -0.399 e. The van der Waals surface area contributed by atoms with Crippen LogP contribution in [0.4, 0.5) is 5.69 Å². The average Bonchev–Trinajstić information content (AvgIpc) is 2.48. The number of carbonyl (C=O) groups is 1. The van der Waals surface area contributed by atoms with E-state index in [0.717, 1.165) is 37.1 Å². The highest BCUT2D eigenvalue weighted by molar-refractivity contribution is 5.79. The molecule has 2 rings (SSSR count). The monoisotopic (exact) mass is 304 g/mol. The summed E-state index contributed by atoms with van der Waals surface area (Å²) in [4.78, 5) is 12.2. The summed E-state index contributed by atoms with van der Waals surface area (Å²) >= 11 is 0. The van der Waals surface area contributed by atoms with Gasteiger partial charge in [-0.2, -0.15) is 0 Å². The number of benzene rings is 1. The molecule has 1 aliphatic carbocycles. The molecule has 0 spiro atoms. The summed E-state index contributed by atoms with van der Waals surface area (Å²) in [6.45, 7) is 7.31. The highest BCUT2D eigenvalue weighted by atomic mass is 16.5. The number of nitrogens with two attached hydrogens (primary N) is 1. The molecule has 0 bridgehead atoms. The van der Waals surface area contributed by atoms with E-state index >= 15 is 0 Å². The van der Waals surface area contributed by atoms with Gasteiger partial charge in [0.1, 0.15) is 0 Å². The van der Waals surface area contributed by atoms with E-state index in [2.05, 4.69) is 26.1 Å². The molecular weight excluding hydrogens is 276 g/mol. The Hall–Kier alpha value is -1.55. The van der Waals surface area contributed by atoms with Crippen LogP contribution in [0.5, 0.6) is 0 Å². The van der Waals surface area contributed by atoms with Crippen molar-refractivity contribution in [1.29, 1.82) is 0 Å². The lowest BCUT2D eigenvalue weighted by atomic mass is 9.64. The molecule has 0 radical (unpaired) electrons. The quantitative estimate of drug-likeness (QED) is 0.601. The van der Waals surface area contributed by atoms with E-state index in [1.54, 1.807) is 0 Å². The number of nitrogen functional groups attached to an aromatic ring is 1. The zero-order chi connectivity index (χ0) is 16.2. The summed E-state index contributed by atoms with van der Waals surface area (Å²) in [6.07, 6.45) is 3.80. The summed E-state index contributed by atoms with van der Waals surface area (Å²) < 4.78 is 5.91. The largest absolute Gasteiger partial charge is 0.399 e. The normalized spacial score (nSPS) is 22.9. The minimum atomic E-state index is 0.00448. The molecule has 0 heterocycles. The molecule has 0 unspecified atom stereocenters. The number of carbonyl (C=O) groups excluding carboxylic acids is 1. The van der Waals surface area contributed by atoms with Gasteiger partial charge < -0.3 is 15.8 Å². The maximum atomic E-state index is 12.2. The number of ether oxygens (including phenoxy) is 1. The third kappa shape index (κ3) is 4.01. The van der Waals surface area contributed by atoms with Crippen LogP contribution in [0.1, 0.15) is 45.6 Å². The molecule has 2 atom stereocenters. The van der Waals surface area contributed by atoms with Crippen molar-refractivity contribution in [2.45, 2.75) is 58.6 Å². The summed E-state index contributed by atoms with van der Waals surface area (Å²) in [5.41, 5.74) is 7.36. The minimum absolute atomic E-state index is 0.00448. The molecule has 0 aromatic heterocycles. The summed E-state index contributed by atoms with van der Waals surface area (Å²) in [7, 11) is 0. The first-order valence-corrected chi connectivity index (χ1v) is 8.19. The lowest BCUT2D eigenvalue weighted by molar-refractivity contribution is -0.137. The van der Waals surface area contributed by atoms with E-state index in [0.29, 0.717) is 6.42 Å². The van der Waals surface area contributed by atoms with Crippen LogP contribution in [0.25, 0.3) is 0 Å². The molecule has 122 valence electrons. The molecule has 22 heavy (non-hydrogen) atoms. The number of rotatable bonds is 7. The van der Waals surface area contributed by atoms with E-state index in [9.17, 15) is 4.79 Å². The molecule has 1 fully saturated rings. The number of anilines is 1. The fourth-order valence-corrected chi connectivity index (χ4v) is 2.85. The molecule has 1 aromatic rings. The van der Waals surface area contributed by atoms with E-state index < -0.39 is 0 Å². The van der Waals surface area contributed by atoms with Gasteiger partial charge in [-0.3, -0.25) is 4.79 Å². The fraction of sp³-hybridized carbons (Fsp3) is 0.611. The van der Waals surface area contributed by atoms with Crippen molar-refractivity contribution < 1.29 is 9.53 Å². The van der Waals surface area contributed by atoms with Crippen molar-refractivity contribution >= 4 is 11.6 Å². The van der Waals surface area contributed by atoms with Crippen molar-refractivity contribution in [3.05, 3.63) is 29.8 Å². The van der Waals surface area contributed by atoms with Crippen LogP contribution in [0.3, 0.4) is 0 Å². The Morgan fingerprint density at radius 3 is 2.64 bits per heavy atom. The second kappa shape index (κ2) is 7.14. The molecule has 0 saturated heterocycles. The highest BCUT2D eigenvalue weighted by Gasteiger charge is 2.49. The maximum Gasteiger partial charge on any atom is 0.224 e. The molecular formula is C18H28N2O2. The SMILES string of the molecule is CCCCO[C@@H]1C[C@H](NC(=O)Cc2ccc(N)cc2)C1(C)C. The molecule has 4 nitrogen and oxygen atoms in total. The first-order chi connectivity index (χ1) is 10.4. The predicted octanol–water partition coefficient (Wildman–Crippen LogP) is 2.91. The molecule has 3 N–H and O–H groups in total. The summed E-state index contributed by atoms with van der Waals surface area (Å²) in [6, 6.07) is 7.65. The number of unbranched alkanes of at least 4 members (excludes halogenated alkanes) is 1. The Morgan fingerprint density at radius 1 is 1.36 bits per heavy atom. The molecule has 1 amide bonds. The maximum absolute atomic E-state index is 12.2. The molecule has 0 aliphatic heterocycles. The van der Waals surface area contributed by atoms with Crippen molar-refractivity contribution in [3.63, 3.8) is 0 Å². The van der Waals surface area contributed by atoms with E-state index in [-0.39, 0.29) is 23.5 Å². The van der Waals surface area contributed by atoms with Crippen molar-refractivity contribution in [1.82, 2.24) is 5.32 Å². The predicted molar refractivity (Wildman–Crippen MR) is 89.5 cm³/mol. The highest BCUT2D eigenvalue weighted by Crippen LogP contribution is 2.42. The van der Waals surface area contributed by atoms with Gasteiger partial charge in [-0.05, 0) is 30.5 Å². The van der Waals surface area contributed by atoms with Crippen molar-refractivity contribution in [3.8, 4) is 0 Å². The van der Waals surface area contributed by atoms with Gasteiger partial charge in [-0.25, -0.2) is 0 Å². The number of hydrogen-bond donors (Lipinski definition) is 2. The zero-order valence-corrected chi connectivity index (χ0v) is 13.9. The van der Waals surface area contributed by atoms with Gasteiger partial charge in [0.25, 0.3) is 0 Å². The van der Waals surface area contributed by atoms with Gasteiger partial charge in [-0.1, -0.05) is 39.3 Å². The van der Waals surface area contributed by atoms with Gasteiger partial charge in [0.2, 0.25) is 5.91 Å². The average molecular weight is 304 g/mol. The molecule has 1 aromatic carbocycles. The third-order valence-corrected chi connectivity index (χ3v) is 4.67. The first kappa shape index (κ1) is 16.8. The standard InChI is InChI=1S/C18H28N2O2/c1-4-5-10-22-16-12-15(18(16,2)3)20-17(21)11-13-6-8-14(19)9-7-13/h6-9,15-16H,4-5,10-12,19H2,1-3H3,(H,20,21)/t15-,16+/m0/s1. The Balaban J connectivity index is 1.79. The summed E-state index contributed by atoms with van der Waals surface area (Å²) in [5, 5.41) is 3.14. The molecule has 4 heteroatoms. The van der Waals surface area contributed by atoms with E-state index in [4.69, 9.17) is 10.5 Å². The topological polar surface area (TPSA) is 64.3 Å². The lowest BCUT2D eigenvalue weighted by Gasteiger charge is -2.51. The Morgan fingerprint density at radius 2 is 2.05 bits per heavy atom. The lowest BCUT2D eigenvalue weighted by Crippen LogP contribution is -2.62. The van der Waals surface area contributed by atoms with Crippen LogP contribution in [0, 0.1) is 5.41 Å². The number of hydrogen-bond acceptors (Lipinski definition) is 3. The number of nitrogens with one attached hydrogen (secondary N) is 1. The van der Waals surface area contributed by atoms with E-state index in [1.165, 1.54) is 0 Å². The van der Waals surface area contributed by atoms with E-state index in [1.807, 2.05) is 24.3 Å². The second-order valence-corrected chi connectivity index (χ2v) is 6.81. The van der Waals surface area contributed by atoms with Crippen LogP contribution >= 0.6 is 0 Å². The number of amides is 1. The molecule has 1 saturated carbocycles. The van der Waals surface area contributed by atoms with Crippen molar-refractivity contribution in [2.75, 3.05) is 12.3 Å². The Kier molecular flexibility index (Phi) is 5.46. The smallest absolute Gasteiger partial charge is 0.224 e. The zero-order valence-electron chi connectivity index (χ0n) is 13.9. The van der Waals surface area contributed by atoms with Crippen LogP contribution in [-0.2, 0) is 16.0 Å². The van der Waals surface area contributed by atoms with Crippen LogP contribution in [-0.4, -0.2) is 24.7 Å². The van der Waals surface area contributed by atoms with Gasteiger partial charge >= 0.3 is 0 Å². The van der Waals surface area contributed by atoms with Crippen LogP contribution < -0.4 is 11.1 Å². The summed E-state index contributed by atoms with van der Waals surface area (Å²) in [5.74, 6) is 0.0647. The van der Waals surface area contributed by atoms with Gasteiger partial charge in [-0.15, -0.1) is 0 Å². The van der Waals surface area contributed by atoms with Gasteiger partial charge in [0, 0.05) is 23.8 Å². The Labute approximate surface area is 133 Å². The van der Waals surface area contributed by atoms with Crippen molar-refractivity contribution in [2.24, 2.45) is 5.41 Å². The third-order valence-electron chi connectivity index (χ3n) is 4.67. The second-order valence-electron chi connectivity index (χ2n) is 6.81. The fourth-order valence-electron chi connectivity index (χ4n) is 2.85. The van der Waals surface area contributed by atoms with Crippen LogP contribution in [0.15, 0.2) is 24.3 Å². The first-order valence-electron chi connectivity index (χ1n) is 8.19. The van der Waals surface area contributed by atoms with Gasteiger partial charge in [0.15, 0.2) is 0 Å². The van der Waals surface area contributed by atoms with Crippen LogP contribution in [0.2, 0.25) is 0 Å².